The van der Waals surface area contributed by atoms with E-state index in [0.29, 0.717) is 30.3 Å². The van der Waals surface area contributed by atoms with E-state index in [0.717, 1.165) is 27.6 Å². The molecule has 0 bridgehead atoms. The Bertz CT molecular complexity index is 1080. The van der Waals surface area contributed by atoms with E-state index >= 15 is 0 Å². The zero-order valence-corrected chi connectivity index (χ0v) is 22.9. The second-order valence-corrected chi connectivity index (χ2v) is 10.6. The van der Waals surface area contributed by atoms with Gasteiger partial charge in [-0.25, -0.2) is 0 Å². The van der Waals surface area contributed by atoms with Crippen LogP contribution in [0.25, 0.3) is 0 Å². The number of benzene rings is 3. The summed E-state index contributed by atoms with van der Waals surface area (Å²) in [5.41, 5.74) is 3.10. The van der Waals surface area contributed by atoms with Crippen molar-refractivity contribution in [2.75, 3.05) is 12.3 Å². The molecule has 1 atom stereocenters. The monoisotopic (exact) mass is 572 g/mol. The second-order valence-electron chi connectivity index (χ2n) is 8.26. The maximum Gasteiger partial charge on any atom is 0.243 e. The highest BCUT2D eigenvalue weighted by molar-refractivity contribution is 9.10. The Balaban J connectivity index is 1.81. The summed E-state index contributed by atoms with van der Waals surface area (Å²) in [6, 6.07) is 24.8. The first-order chi connectivity index (χ1) is 17.0. The molecule has 0 heterocycles. The van der Waals surface area contributed by atoms with Crippen LogP contribution < -0.4 is 5.32 Å². The molecular formula is C28H30BrClN2O2S. The first-order valence-electron chi connectivity index (χ1n) is 11.6. The van der Waals surface area contributed by atoms with Gasteiger partial charge in [-0.3, -0.25) is 9.59 Å². The molecule has 0 saturated carbocycles. The molecule has 0 aliphatic heterocycles. The minimum Gasteiger partial charge on any atom is -0.354 e. The highest BCUT2D eigenvalue weighted by atomic mass is 79.9. The molecule has 0 aromatic heterocycles. The molecule has 2 amide bonds. The third-order valence-electron chi connectivity index (χ3n) is 5.49. The molecule has 4 nitrogen and oxygen atoms in total. The number of nitrogens with one attached hydrogen (secondary N) is 1. The fourth-order valence-corrected chi connectivity index (χ4v) is 4.89. The van der Waals surface area contributed by atoms with E-state index in [1.807, 2.05) is 85.8 Å². The molecule has 0 saturated heterocycles. The van der Waals surface area contributed by atoms with Crippen molar-refractivity contribution in [3.8, 4) is 0 Å². The smallest absolute Gasteiger partial charge is 0.243 e. The van der Waals surface area contributed by atoms with E-state index in [1.165, 1.54) is 0 Å². The van der Waals surface area contributed by atoms with Gasteiger partial charge in [0.25, 0.3) is 0 Å². The number of rotatable bonds is 12. The van der Waals surface area contributed by atoms with Crippen LogP contribution in [-0.2, 0) is 28.3 Å². The van der Waals surface area contributed by atoms with Crippen molar-refractivity contribution in [3.05, 3.63) is 105 Å². The van der Waals surface area contributed by atoms with Gasteiger partial charge in [-0.05, 0) is 47.4 Å². The van der Waals surface area contributed by atoms with Crippen LogP contribution in [0.2, 0.25) is 5.02 Å². The maximum absolute atomic E-state index is 13.6. The summed E-state index contributed by atoms with van der Waals surface area (Å²) in [7, 11) is 0. The zero-order chi connectivity index (χ0) is 25.0. The Morgan fingerprint density at radius 2 is 1.60 bits per heavy atom. The van der Waals surface area contributed by atoms with E-state index in [-0.39, 0.29) is 17.6 Å². The van der Waals surface area contributed by atoms with E-state index < -0.39 is 6.04 Å². The molecule has 3 aromatic carbocycles. The highest BCUT2D eigenvalue weighted by Gasteiger charge is 2.30. The summed E-state index contributed by atoms with van der Waals surface area (Å²) < 4.78 is 0.971. The summed E-state index contributed by atoms with van der Waals surface area (Å²) in [4.78, 5) is 28.6. The van der Waals surface area contributed by atoms with Crippen molar-refractivity contribution < 1.29 is 9.59 Å². The molecule has 7 heteroatoms. The number of hydrogen-bond acceptors (Lipinski definition) is 3. The molecule has 0 radical (unpaired) electrons. The average molecular weight is 574 g/mol. The lowest BCUT2D eigenvalue weighted by atomic mass is 10.0. The number of carbonyl (C=O) groups excluding carboxylic acids is 2. The minimum atomic E-state index is -0.601. The summed E-state index contributed by atoms with van der Waals surface area (Å²) in [5, 5.41) is 3.70. The first kappa shape index (κ1) is 27.3. The van der Waals surface area contributed by atoms with Crippen LogP contribution in [0.15, 0.2) is 83.3 Å². The lowest BCUT2D eigenvalue weighted by Gasteiger charge is -2.31. The predicted molar refractivity (Wildman–Crippen MR) is 150 cm³/mol. The van der Waals surface area contributed by atoms with E-state index in [1.54, 1.807) is 16.7 Å². The van der Waals surface area contributed by atoms with Crippen molar-refractivity contribution in [2.24, 2.45) is 0 Å². The molecule has 35 heavy (non-hydrogen) atoms. The van der Waals surface area contributed by atoms with Crippen LogP contribution >= 0.6 is 39.3 Å². The van der Waals surface area contributed by atoms with Gasteiger partial charge in [-0.2, -0.15) is 0 Å². The summed E-state index contributed by atoms with van der Waals surface area (Å²) in [6.45, 7) is 2.96. The topological polar surface area (TPSA) is 49.4 Å². The number of halogens is 2. The van der Waals surface area contributed by atoms with Gasteiger partial charge in [0, 0.05) is 34.8 Å². The lowest BCUT2D eigenvalue weighted by molar-refractivity contribution is -0.139. The fraction of sp³-hybridized carbons (Fsp3) is 0.286. The minimum absolute atomic E-state index is 0.0561. The molecule has 0 spiro atoms. The highest BCUT2D eigenvalue weighted by Crippen LogP contribution is 2.20. The molecule has 0 aliphatic carbocycles. The Kier molecular flexibility index (Phi) is 11.2. The molecule has 0 fully saturated rings. The van der Waals surface area contributed by atoms with Gasteiger partial charge >= 0.3 is 0 Å². The third-order valence-corrected chi connectivity index (χ3v) is 7.26. The molecule has 184 valence electrons. The second kappa shape index (κ2) is 14.3. The number of hydrogen-bond donors (Lipinski definition) is 1. The Labute approximate surface area is 225 Å². The normalized spacial score (nSPS) is 11.6. The van der Waals surface area contributed by atoms with Crippen LogP contribution in [0.3, 0.4) is 0 Å². The fourth-order valence-electron chi connectivity index (χ4n) is 3.63. The van der Waals surface area contributed by atoms with Crippen LogP contribution in [0.5, 0.6) is 0 Å². The van der Waals surface area contributed by atoms with Gasteiger partial charge in [0.1, 0.15) is 6.04 Å². The van der Waals surface area contributed by atoms with Gasteiger partial charge < -0.3 is 10.2 Å². The van der Waals surface area contributed by atoms with E-state index in [2.05, 4.69) is 21.2 Å². The van der Waals surface area contributed by atoms with Crippen molar-refractivity contribution in [1.29, 1.82) is 0 Å². The first-order valence-corrected chi connectivity index (χ1v) is 14.0. The maximum atomic E-state index is 13.6. The Hall–Kier alpha value is -2.28. The van der Waals surface area contributed by atoms with Gasteiger partial charge in [0.15, 0.2) is 0 Å². The Morgan fingerprint density at radius 1 is 0.943 bits per heavy atom. The molecule has 0 unspecified atom stereocenters. The van der Waals surface area contributed by atoms with Gasteiger partial charge in [0.2, 0.25) is 11.8 Å². The molecule has 0 aliphatic rings. The van der Waals surface area contributed by atoms with E-state index in [4.69, 9.17) is 11.6 Å². The van der Waals surface area contributed by atoms with Crippen LogP contribution in [0.4, 0.5) is 0 Å². The predicted octanol–water partition coefficient (Wildman–Crippen LogP) is 6.50. The average Bonchev–Trinajstić information content (AvgIpc) is 2.87. The molecule has 3 aromatic rings. The third kappa shape index (κ3) is 9.02. The number of carbonyl (C=O) groups is 2. The summed E-state index contributed by atoms with van der Waals surface area (Å²) in [5.74, 6) is 0.801. The van der Waals surface area contributed by atoms with Crippen molar-refractivity contribution in [3.63, 3.8) is 0 Å². The number of thioether (sulfide) groups is 1. The SMILES string of the molecule is CCCNC(=O)[C@H](Cc1ccccc1)N(Cc1ccc(Br)cc1)C(=O)CSCc1ccc(Cl)cc1. The zero-order valence-electron chi connectivity index (χ0n) is 19.8. The van der Waals surface area contributed by atoms with Crippen LogP contribution in [0.1, 0.15) is 30.0 Å². The van der Waals surface area contributed by atoms with Gasteiger partial charge in [-0.15, -0.1) is 11.8 Å². The van der Waals surface area contributed by atoms with Crippen LogP contribution in [-0.4, -0.2) is 35.1 Å². The quantitative estimate of drug-likeness (QED) is 0.269. The number of nitrogens with zero attached hydrogens (tertiary/aromatic N) is 1. The van der Waals surface area contributed by atoms with Crippen molar-refractivity contribution >= 4 is 51.1 Å². The van der Waals surface area contributed by atoms with Crippen molar-refractivity contribution in [1.82, 2.24) is 10.2 Å². The van der Waals surface area contributed by atoms with E-state index in [9.17, 15) is 9.59 Å². The molecular weight excluding hydrogens is 544 g/mol. The van der Waals surface area contributed by atoms with Gasteiger partial charge in [-0.1, -0.05) is 89.1 Å². The van der Waals surface area contributed by atoms with Crippen molar-refractivity contribution in [2.45, 2.75) is 38.1 Å². The van der Waals surface area contributed by atoms with Crippen LogP contribution in [0, 0.1) is 0 Å². The van der Waals surface area contributed by atoms with Gasteiger partial charge in [0.05, 0.1) is 5.75 Å². The molecule has 1 N–H and O–H groups in total. The summed E-state index contributed by atoms with van der Waals surface area (Å²) >= 11 is 11.0. The molecule has 3 rings (SSSR count). The largest absolute Gasteiger partial charge is 0.354 e. The Morgan fingerprint density at radius 3 is 2.26 bits per heavy atom. The number of amides is 2. The summed E-state index contributed by atoms with van der Waals surface area (Å²) in [6.07, 6.45) is 1.29. The lowest BCUT2D eigenvalue weighted by Crippen LogP contribution is -2.51. The standard InChI is InChI=1S/C28H30BrClN2O2S/c1-2-16-31-28(34)26(17-21-6-4-3-5-7-21)32(18-22-8-12-24(29)13-9-22)27(33)20-35-19-23-10-14-25(30)15-11-23/h3-15,26H,2,16-20H2,1H3,(H,31,34)/t26-/m0/s1.